The summed E-state index contributed by atoms with van der Waals surface area (Å²) in [5.41, 5.74) is 5.53. The number of amides is 2. The smallest absolute Gasteiger partial charge is 0.404 e. The fraction of sp³-hybridized carbons (Fsp3) is 0.400. The summed E-state index contributed by atoms with van der Waals surface area (Å²) in [5, 5.41) is 17.3. The highest BCUT2D eigenvalue weighted by Gasteiger charge is 2.37. The fourth-order valence-corrected chi connectivity index (χ4v) is 3.35. The molecule has 2 atom stereocenters. The van der Waals surface area contributed by atoms with Crippen LogP contribution in [0.25, 0.3) is 0 Å². The number of aromatic nitrogens is 2. The first-order valence-electron chi connectivity index (χ1n) is 9.85. The van der Waals surface area contributed by atoms with Gasteiger partial charge >= 0.3 is 6.09 Å². The van der Waals surface area contributed by atoms with Crippen molar-refractivity contribution in [3.63, 3.8) is 0 Å². The molecule has 0 radical (unpaired) electrons. The lowest BCUT2D eigenvalue weighted by Gasteiger charge is -2.28. The van der Waals surface area contributed by atoms with Crippen LogP contribution in [-0.4, -0.2) is 39.2 Å². The van der Waals surface area contributed by atoms with E-state index in [0.29, 0.717) is 6.42 Å². The minimum absolute atomic E-state index is 0.0738. The Kier molecular flexibility index (Phi) is 6.52. The van der Waals surface area contributed by atoms with Crippen molar-refractivity contribution in [3.8, 4) is 0 Å². The Labute approximate surface area is 177 Å². The number of carboxylic acid groups (broad SMARTS) is 1. The Morgan fingerprint density at radius 3 is 2.52 bits per heavy atom. The Morgan fingerprint density at radius 1 is 1.26 bits per heavy atom. The number of hydrogen-bond donors (Lipinski definition) is 5. The summed E-state index contributed by atoms with van der Waals surface area (Å²) in [4.78, 5) is 31.0. The molecular weight excluding hydrogens is 410 g/mol. The van der Waals surface area contributed by atoms with Gasteiger partial charge in [0.1, 0.15) is 11.6 Å². The maximum Gasteiger partial charge on any atom is 0.404 e. The summed E-state index contributed by atoms with van der Waals surface area (Å²) in [6, 6.07) is 1.25. The van der Waals surface area contributed by atoms with Gasteiger partial charge in [-0.15, -0.1) is 0 Å². The Bertz CT molecular complexity index is 999. The molecule has 31 heavy (non-hydrogen) atoms. The third kappa shape index (κ3) is 5.36. The molecule has 3 rings (SSSR count). The van der Waals surface area contributed by atoms with Gasteiger partial charge < -0.3 is 26.8 Å². The van der Waals surface area contributed by atoms with E-state index in [2.05, 4.69) is 25.9 Å². The third-order valence-corrected chi connectivity index (χ3v) is 5.14. The van der Waals surface area contributed by atoms with Crippen molar-refractivity contribution in [2.24, 2.45) is 11.7 Å². The van der Waals surface area contributed by atoms with E-state index in [1.165, 1.54) is 19.2 Å². The van der Waals surface area contributed by atoms with Crippen LogP contribution in [0.5, 0.6) is 0 Å². The van der Waals surface area contributed by atoms with Crippen LogP contribution in [-0.2, 0) is 0 Å². The van der Waals surface area contributed by atoms with Crippen molar-refractivity contribution < 1.29 is 23.5 Å². The highest BCUT2D eigenvalue weighted by Crippen LogP contribution is 2.37. The number of carbonyl (C=O) groups is 2. The van der Waals surface area contributed by atoms with E-state index in [1.807, 2.05) is 6.92 Å². The minimum atomic E-state index is -1.17. The minimum Gasteiger partial charge on any atom is -0.465 e. The molecular formula is C20H24F2N6O3. The third-order valence-electron chi connectivity index (χ3n) is 5.14. The van der Waals surface area contributed by atoms with Gasteiger partial charge in [-0.3, -0.25) is 9.78 Å². The molecule has 11 heteroatoms. The number of nitrogens with two attached hydrogens (primary N) is 1. The second-order valence-corrected chi connectivity index (χ2v) is 7.47. The zero-order chi connectivity index (χ0) is 22.7. The second-order valence-electron chi connectivity index (χ2n) is 7.47. The predicted molar refractivity (Wildman–Crippen MR) is 110 cm³/mol. The Balaban J connectivity index is 1.94. The van der Waals surface area contributed by atoms with Crippen LogP contribution in [0.15, 0.2) is 18.3 Å². The molecule has 1 aliphatic carbocycles. The first-order chi connectivity index (χ1) is 14.7. The Hall–Kier alpha value is -3.50. The van der Waals surface area contributed by atoms with Gasteiger partial charge in [0.2, 0.25) is 0 Å². The number of primary amides is 1. The summed E-state index contributed by atoms with van der Waals surface area (Å²) < 4.78 is 28.6. The number of pyridine rings is 2. The molecule has 9 nitrogen and oxygen atoms in total. The van der Waals surface area contributed by atoms with Gasteiger partial charge in [-0.1, -0.05) is 6.92 Å². The lowest BCUT2D eigenvalue weighted by molar-refractivity contribution is 0.1000. The summed E-state index contributed by atoms with van der Waals surface area (Å²) in [6.45, 7) is 3.32. The monoisotopic (exact) mass is 434 g/mol. The summed E-state index contributed by atoms with van der Waals surface area (Å²) in [6.07, 6.45) is 2.40. The van der Waals surface area contributed by atoms with Crippen molar-refractivity contribution in [2.75, 3.05) is 10.6 Å². The van der Waals surface area contributed by atoms with Crippen molar-refractivity contribution in [3.05, 3.63) is 41.2 Å². The van der Waals surface area contributed by atoms with E-state index in [-0.39, 0.29) is 34.5 Å². The van der Waals surface area contributed by atoms with Gasteiger partial charge in [0.25, 0.3) is 5.91 Å². The van der Waals surface area contributed by atoms with E-state index in [0.717, 1.165) is 18.9 Å². The van der Waals surface area contributed by atoms with Crippen molar-refractivity contribution in [1.29, 1.82) is 0 Å². The van der Waals surface area contributed by atoms with Crippen LogP contribution < -0.4 is 21.7 Å². The number of nitrogens with zero attached hydrogens (tertiary/aromatic N) is 2. The maximum absolute atomic E-state index is 14.8. The standard InChI is InChI=1S/C20H24F2N6O3/c1-3-15(26-20(30)31)16(10-4-5-10)27-19-14(22)7-12(17(23)29)18(28-19)25-11-6-13(21)9(2)24-8-11/h6-8,10,15-16,26H,3-5H2,1-2H3,(H2,23,29)(H,30,31)(H2,25,27,28)/t15-,16-/m0/s1. The molecule has 1 aliphatic rings. The van der Waals surface area contributed by atoms with Crippen molar-refractivity contribution in [1.82, 2.24) is 15.3 Å². The predicted octanol–water partition coefficient (Wildman–Crippen LogP) is 3.14. The molecule has 1 saturated carbocycles. The number of rotatable bonds is 9. The summed E-state index contributed by atoms with van der Waals surface area (Å²) in [5.74, 6) is -2.39. The van der Waals surface area contributed by atoms with Crippen LogP contribution in [0.1, 0.15) is 42.2 Å². The molecule has 2 aromatic heterocycles. The van der Waals surface area contributed by atoms with Gasteiger partial charge in [0.15, 0.2) is 11.6 Å². The molecule has 2 amide bonds. The van der Waals surface area contributed by atoms with E-state index in [1.54, 1.807) is 0 Å². The first-order valence-corrected chi connectivity index (χ1v) is 9.85. The molecule has 166 valence electrons. The molecule has 2 aromatic rings. The number of nitrogens with one attached hydrogen (secondary N) is 3. The van der Waals surface area contributed by atoms with Crippen molar-refractivity contribution >= 4 is 29.3 Å². The SMILES string of the molecule is CC[C@H](NC(=O)O)[C@@H](Nc1nc(Nc2cnc(C)c(F)c2)c(C(N)=O)cc1F)C1CC1. The topological polar surface area (TPSA) is 142 Å². The largest absolute Gasteiger partial charge is 0.465 e. The number of carbonyl (C=O) groups excluding carboxylic acids is 1. The number of halogens is 2. The lowest BCUT2D eigenvalue weighted by atomic mass is 10.0. The second kappa shape index (κ2) is 9.11. The maximum atomic E-state index is 14.8. The average molecular weight is 434 g/mol. The number of aryl methyl sites for hydroxylation is 1. The average Bonchev–Trinajstić information content (AvgIpc) is 3.54. The van der Waals surface area contributed by atoms with Crippen LogP contribution >= 0.6 is 0 Å². The molecule has 6 N–H and O–H groups in total. The quantitative estimate of drug-likeness (QED) is 0.408. The summed E-state index contributed by atoms with van der Waals surface area (Å²) in [7, 11) is 0. The van der Waals surface area contributed by atoms with Gasteiger partial charge in [-0.25, -0.2) is 18.6 Å². The molecule has 0 unspecified atom stereocenters. The number of anilines is 3. The van der Waals surface area contributed by atoms with Crippen LogP contribution in [0.2, 0.25) is 0 Å². The molecule has 0 spiro atoms. The normalized spacial score (nSPS) is 15.1. The highest BCUT2D eigenvalue weighted by atomic mass is 19.1. The van der Waals surface area contributed by atoms with E-state index in [9.17, 15) is 18.4 Å². The van der Waals surface area contributed by atoms with Gasteiger partial charge in [0.05, 0.1) is 35.2 Å². The number of hydrogen-bond acceptors (Lipinski definition) is 6. The molecule has 0 bridgehead atoms. The molecule has 1 fully saturated rings. The highest BCUT2D eigenvalue weighted by molar-refractivity contribution is 5.98. The fourth-order valence-electron chi connectivity index (χ4n) is 3.35. The van der Waals surface area contributed by atoms with Gasteiger partial charge in [0, 0.05) is 6.07 Å². The van der Waals surface area contributed by atoms with Gasteiger partial charge in [-0.2, -0.15) is 0 Å². The molecule has 2 heterocycles. The summed E-state index contributed by atoms with van der Waals surface area (Å²) >= 11 is 0. The van der Waals surface area contributed by atoms with E-state index < -0.39 is 35.7 Å². The van der Waals surface area contributed by atoms with Crippen LogP contribution in [0, 0.1) is 24.5 Å². The van der Waals surface area contributed by atoms with E-state index >= 15 is 0 Å². The van der Waals surface area contributed by atoms with E-state index in [4.69, 9.17) is 10.8 Å². The van der Waals surface area contributed by atoms with Crippen molar-refractivity contribution in [2.45, 2.75) is 45.2 Å². The zero-order valence-electron chi connectivity index (χ0n) is 17.1. The molecule has 0 aliphatic heterocycles. The zero-order valence-corrected chi connectivity index (χ0v) is 17.1. The Morgan fingerprint density at radius 2 is 1.97 bits per heavy atom. The first kappa shape index (κ1) is 22.2. The van der Waals surface area contributed by atoms with Crippen LogP contribution in [0.3, 0.4) is 0 Å². The molecule has 0 saturated heterocycles. The van der Waals surface area contributed by atoms with Gasteiger partial charge in [-0.05, 0) is 38.2 Å². The molecule has 0 aromatic carbocycles. The van der Waals surface area contributed by atoms with Crippen LogP contribution in [0.4, 0.5) is 30.9 Å². The lowest BCUT2D eigenvalue weighted by Crippen LogP contribution is -2.47.